The van der Waals surface area contributed by atoms with E-state index in [1.807, 2.05) is 6.21 Å². The monoisotopic (exact) mass is 205 g/mol. The molecule has 0 spiro atoms. The Morgan fingerprint density at radius 1 is 1.50 bits per heavy atom. The standard InChI is InChI=1S/C8H16BrN/c1-7(2)10-6-8(3,4)5-9/h6-7H,5H2,1-4H3. The molecule has 0 aliphatic heterocycles. The van der Waals surface area contributed by atoms with Crippen molar-refractivity contribution in [3.8, 4) is 0 Å². The molecule has 0 bridgehead atoms. The van der Waals surface area contributed by atoms with Crippen LogP contribution < -0.4 is 0 Å². The highest BCUT2D eigenvalue weighted by molar-refractivity contribution is 9.09. The van der Waals surface area contributed by atoms with Crippen LogP contribution in [0.1, 0.15) is 27.7 Å². The Morgan fingerprint density at radius 3 is 2.30 bits per heavy atom. The Labute approximate surface area is 72.1 Å². The van der Waals surface area contributed by atoms with Gasteiger partial charge in [-0.05, 0) is 13.8 Å². The average Bonchev–Trinajstić information content (AvgIpc) is 1.85. The van der Waals surface area contributed by atoms with Crippen LogP contribution in [0.2, 0.25) is 0 Å². The summed E-state index contributed by atoms with van der Waals surface area (Å²) in [4.78, 5) is 4.31. The van der Waals surface area contributed by atoms with Crippen LogP contribution in [0.15, 0.2) is 4.99 Å². The first-order chi connectivity index (χ1) is 4.48. The highest BCUT2D eigenvalue weighted by atomic mass is 79.9. The van der Waals surface area contributed by atoms with Gasteiger partial charge in [0.05, 0.1) is 0 Å². The van der Waals surface area contributed by atoms with Gasteiger partial charge in [-0.1, -0.05) is 29.8 Å². The molecule has 0 saturated carbocycles. The van der Waals surface area contributed by atoms with Gasteiger partial charge in [-0.2, -0.15) is 0 Å². The highest BCUT2D eigenvalue weighted by Crippen LogP contribution is 2.14. The van der Waals surface area contributed by atoms with Gasteiger partial charge in [0, 0.05) is 23.0 Å². The number of aliphatic imine (C=N–C) groups is 1. The molecule has 0 aromatic carbocycles. The SMILES string of the molecule is CC(C)N=CC(C)(C)CBr. The van der Waals surface area contributed by atoms with Crippen LogP contribution in [0.3, 0.4) is 0 Å². The molecule has 0 aliphatic rings. The molecule has 0 N–H and O–H groups in total. The largest absolute Gasteiger partial charge is 0.294 e. The van der Waals surface area contributed by atoms with Gasteiger partial charge in [0.2, 0.25) is 0 Å². The summed E-state index contributed by atoms with van der Waals surface area (Å²) in [5.41, 5.74) is 0.199. The van der Waals surface area contributed by atoms with Crippen LogP contribution in [-0.4, -0.2) is 17.6 Å². The van der Waals surface area contributed by atoms with E-state index in [9.17, 15) is 0 Å². The lowest BCUT2D eigenvalue weighted by atomic mass is 9.99. The van der Waals surface area contributed by atoms with Gasteiger partial charge in [-0.3, -0.25) is 4.99 Å². The second-order valence-corrected chi connectivity index (χ2v) is 4.05. The third-order valence-corrected chi connectivity index (χ3v) is 2.51. The molecule has 0 aromatic heterocycles. The van der Waals surface area contributed by atoms with Gasteiger partial charge < -0.3 is 0 Å². The first kappa shape index (κ1) is 10.2. The van der Waals surface area contributed by atoms with Crippen LogP contribution in [0.4, 0.5) is 0 Å². The van der Waals surface area contributed by atoms with Crippen molar-refractivity contribution in [3.63, 3.8) is 0 Å². The minimum atomic E-state index is 0.199. The smallest absolute Gasteiger partial charge is 0.0439 e. The molecule has 60 valence electrons. The zero-order valence-electron chi connectivity index (χ0n) is 7.19. The number of hydrogen-bond acceptors (Lipinski definition) is 1. The molecule has 0 unspecified atom stereocenters. The predicted molar refractivity (Wildman–Crippen MR) is 51.2 cm³/mol. The van der Waals surface area contributed by atoms with Crippen LogP contribution in [0, 0.1) is 5.41 Å². The summed E-state index contributed by atoms with van der Waals surface area (Å²) in [5.74, 6) is 0. The minimum absolute atomic E-state index is 0.199. The van der Waals surface area contributed by atoms with Crippen molar-refractivity contribution in [2.75, 3.05) is 5.33 Å². The average molecular weight is 206 g/mol. The fraction of sp³-hybridized carbons (Fsp3) is 0.875. The van der Waals surface area contributed by atoms with Crippen molar-refractivity contribution < 1.29 is 0 Å². The van der Waals surface area contributed by atoms with E-state index in [4.69, 9.17) is 0 Å². The minimum Gasteiger partial charge on any atom is -0.294 e. The number of nitrogens with zero attached hydrogens (tertiary/aromatic N) is 1. The maximum atomic E-state index is 4.31. The number of halogens is 1. The summed E-state index contributed by atoms with van der Waals surface area (Å²) in [7, 11) is 0. The van der Waals surface area contributed by atoms with E-state index in [0.29, 0.717) is 6.04 Å². The van der Waals surface area contributed by atoms with Crippen LogP contribution >= 0.6 is 15.9 Å². The van der Waals surface area contributed by atoms with E-state index in [2.05, 4.69) is 48.6 Å². The van der Waals surface area contributed by atoms with E-state index in [1.165, 1.54) is 0 Å². The second kappa shape index (κ2) is 4.12. The fourth-order valence-electron chi connectivity index (χ4n) is 0.385. The molecule has 0 rings (SSSR count). The second-order valence-electron chi connectivity index (χ2n) is 3.49. The van der Waals surface area contributed by atoms with Crippen LogP contribution in [0.5, 0.6) is 0 Å². The lowest BCUT2D eigenvalue weighted by Gasteiger charge is -2.14. The number of alkyl halides is 1. The number of hydrogen-bond donors (Lipinski definition) is 0. The van der Waals surface area contributed by atoms with E-state index in [1.54, 1.807) is 0 Å². The van der Waals surface area contributed by atoms with Crippen LogP contribution in [-0.2, 0) is 0 Å². The van der Waals surface area contributed by atoms with Crippen LogP contribution in [0.25, 0.3) is 0 Å². The molecule has 0 heterocycles. The summed E-state index contributed by atoms with van der Waals surface area (Å²) < 4.78 is 0. The van der Waals surface area contributed by atoms with Crippen molar-refractivity contribution in [1.82, 2.24) is 0 Å². The van der Waals surface area contributed by atoms with E-state index in [0.717, 1.165) is 5.33 Å². The Kier molecular flexibility index (Phi) is 4.18. The zero-order valence-corrected chi connectivity index (χ0v) is 8.77. The topological polar surface area (TPSA) is 12.4 Å². The lowest BCUT2D eigenvalue weighted by Crippen LogP contribution is -2.15. The zero-order chi connectivity index (χ0) is 8.20. The fourth-order valence-corrected chi connectivity index (χ4v) is 0.530. The molecule has 0 aromatic rings. The van der Waals surface area contributed by atoms with Gasteiger partial charge >= 0.3 is 0 Å². The highest BCUT2D eigenvalue weighted by Gasteiger charge is 2.11. The van der Waals surface area contributed by atoms with Crippen molar-refractivity contribution in [3.05, 3.63) is 0 Å². The van der Waals surface area contributed by atoms with Gasteiger partial charge in [-0.15, -0.1) is 0 Å². The van der Waals surface area contributed by atoms with Crippen molar-refractivity contribution in [2.45, 2.75) is 33.7 Å². The molecule has 2 heteroatoms. The summed E-state index contributed by atoms with van der Waals surface area (Å²) in [6, 6.07) is 0.415. The van der Waals surface area contributed by atoms with Gasteiger partial charge in [-0.25, -0.2) is 0 Å². The quantitative estimate of drug-likeness (QED) is 0.497. The Hall–Kier alpha value is 0.150. The van der Waals surface area contributed by atoms with Gasteiger partial charge in [0.15, 0.2) is 0 Å². The summed E-state index contributed by atoms with van der Waals surface area (Å²) in [5, 5.41) is 0.968. The maximum Gasteiger partial charge on any atom is 0.0439 e. The van der Waals surface area contributed by atoms with Crippen molar-refractivity contribution in [1.29, 1.82) is 0 Å². The summed E-state index contributed by atoms with van der Waals surface area (Å²) in [6.07, 6.45) is 2.02. The number of rotatable bonds is 3. The van der Waals surface area contributed by atoms with E-state index in [-0.39, 0.29) is 5.41 Å². The molecule has 10 heavy (non-hydrogen) atoms. The molecule has 0 radical (unpaired) electrons. The summed E-state index contributed by atoms with van der Waals surface area (Å²) in [6.45, 7) is 8.49. The molecule has 0 amide bonds. The third kappa shape index (κ3) is 4.98. The third-order valence-electron chi connectivity index (χ3n) is 1.07. The first-order valence-electron chi connectivity index (χ1n) is 3.58. The molecule has 0 saturated heterocycles. The first-order valence-corrected chi connectivity index (χ1v) is 4.70. The molecular formula is C8H16BrN. The normalized spacial score (nSPS) is 13.4. The Morgan fingerprint density at radius 2 is 2.00 bits per heavy atom. The van der Waals surface area contributed by atoms with E-state index < -0.39 is 0 Å². The molecular weight excluding hydrogens is 190 g/mol. The molecule has 0 aliphatic carbocycles. The molecule has 0 fully saturated rings. The van der Waals surface area contributed by atoms with Gasteiger partial charge in [0.25, 0.3) is 0 Å². The van der Waals surface area contributed by atoms with Crippen molar-refractivity contribution >= 4 is 22.1 Å². The molecule has 0 atom stereocenters. The summed E-state index contributed by atoms with van der Waals surface area (Å²) >= 11 is 3.43. The Bertz CT molecular complexity index is 116. The predicted octanol–water partition coefficient (Wildman–Crippen LogP) is 2.89. The van der Waals surface area contributed by atoms with Crippen molar-refractivity contribution in [2.24, 2.45) is 10.4 Å². The van der Waals surface area contributed by atoms with Gasteiger partial charge in [0.1, 0.15) is 0 Å². The van der Waals surface area contributed by atoms with E-state index >= 15 is 0 Å². The Balaban J connectivity index is 3.86. The maximum absolute atomic E-state index is 4.31. The molecule has 1 nitrogen and oxygen atoms in total. The lowest BCUT2D eigenvalue weighted by molar-refractivity contribution is 0.617.